The summed E-state index contributed by atoms with van der Waals surface area (Å²) >= 11 is 0. The number of aromatic nitrogens is 4. The van der Waals surface area contributed by atoms with Crippen molar-refractivity contribution in [1.82, 2.24) is 25.1 Å². The lowest BCUT2D eigenvalue weighted by Crippen LogP contribution is -2.38. The number of halogens is 1. The molecule has 1 aromatic carbocycles. The molecule has 0 N–H and O–H groups in total. The first-order chi connectivity index (χ1) is 10.8. The third-order valence-electron chi connectivity index (χ3n) is 4.21. The number of hydrogen-bond donors (Lipinski definition) is 0. The van der Waals surface area contributed by atoms with Gasteiger partial charge < -0.3 is 4.74 Å². The average molecular weight is 303 g/mol. The van der Waals surface area contributed by atoms with E-state index in [0.717, 1.165) is 31.0 Å². The Morgan fingerprint density at radius 3 is 2.82 bits per heavy atom. The lowest BCUT2D eigenvalue weighted by molar-refractivity contribution is -0.0340. The summed E-state index contributed by atoms with van der Waals surface area (Å²) in [5.74, 6) is 0.697. The second-order valence-corrected chi connectivity index (χ2v) is 5.92. The first kappa shape index (κ1) is 13.8. The van der Waals surface area contributed by atoms with Crippen molar-refractivity contribution in [2.24, 2.45) is 0 Å². The van der Waals surface area contributed by atoms with Gasteiger partial charge in [0.25, 0.3) is 0 Å². The van der Waals surface area contributed by atoms with Crippen LogP contribution in [0.25, 0.3) is 0 Å². The molecule has 0 spiro atoms. The Labute approximate surface area is 127 Å². The van der Waals surface area contributed by atoms with Crippen LogP contribution in [0, 0.1) is 5.82 Å². The Morgan fingerprint density at radius 2 is 2.05 bits per heavy atom. The summed E-state index contributed by atoms with van der Waals surface area (Å²) in [6.07, 6.45) is 2.30. The largest absolute Gasteiger partial charge is 0.371 e. The predicted molar refractivity (Wildman–Crippen MR) is 76.5 cm³/mol. The Balaban J connectivity index is 1.44. The van der Waals surface area contributed by atoms with Gasteiger partial charge in [-0.25, -0.2) is 9.07 Å². The van der Waals surface area contributed by atoms with E-state index < -0.39 is 0 Å². The number of nitrogens with zero attached hydrogens (tertiary/aromatic N) is 5. The van der Waals surface area contributed by atoms with Crippen molar-refractivity contribution in [1.29, 1.82) is 0 Å². The lowest BCUT2D eigenvalue weighted by Gasteiger charge is -2.32. The third kappa shape index (κ3) is 2.86. The fourth-order valence-electron chi connectivity index (χ4n) is 2.84. The van der Waals surface area contributed by atoms with Gasteiger partial charge >= 0.3 is 0 Å². The zero-order valence-electron chi connectivity index (χ0n) is 12.2. The zero-order valence-corrected chi connectivity index (χ0v) is 12.2. The fraction of sp³-hybridized carbons (Fsp3) is 0.533. The van der Waals surface area contributed by atoms with Gasteiger partial charge in [-0.2, -0.15) is 0 Å². The number of ether oxygens (including phenoxy) is 1. The molecule has 1 aliphatic heterocycles. The summed E-state index contributed by atoms with van der Waals surface area (Å²) in [6.45, 7) is 3.01. The molecule has 1 aliphatic carbocycles. The van der Waals surface area contributed by atoms with Crippen LogP contribution >= 0.6 is 0 Å². The number of morpholine rings is 1. The molecule has 1 saturated heterocycles. The van der Waals surface area contributed by atoms with Crippen LogP contribution in [0.1, 0.15) is 36.4 Å². The number of tetrazole rings is 1. The SMILES string of the molecule is Fc1ccc([C@@H]2CN(Cc3nnnn3C3CC3)CCO2)cc1. The van der Waals surface area contributed by atoms with Crippen LogP contribution in [0.3, 0.4) is 0 Å². The van der Waals surface area contributed by atoms with E-state index in [4.69, 9.17) is 4.74 Å². The van der Waals surface area contributed by atoms with Gasteiger partial charge in [0, 0.05) is 13.1 Å². The molecule has 1 aromatic heterocycles. The highest BCUT2D eigenvalue weighted by Gasteiger charge is 2.29. The predicted octanol–water partition coefficient (Wildman–Crippen LogP) is 1.72. The highest BCUT2D eigenvalue weighted by Crippen LogP contribution is 2.34. The highest BCUT2D eigenvalue weighted by molar-refractivity contribution is 5.19. The number of benzene rings is 1. The van der Waals surface area contributed by atoms with E-state index in [9.17, 15) is 4.39 Å². The molecular formula is C15H18FN5O. The summed E-state index contributed by atoms with van der Waals surface area (Å²) in [5, 5.41) is 12.0. The van der Waals surface area contributed by atoms with Gasteiger partial charge in [-0.3, -0.25) is 4.90 Å². The molecule has 116 valence electrons. The van der Waals surface area contributed by atoms with E-state index >= 15 is 0 Å². The van der Waals surface area contributed by atoms with Crippen LogP contribution in [0.4, 0.5) is 4.39 Å². The Morgan fingerprint density at radius 1 is 1.23 bits per heavy atom. The van der Waals surface area contributed by atoms with Gasteiger partial charge in [-0.1, -0.05) is 12.1 Å². The third-order valence-corrected chi connectivity index (χ3v) is 4.21. The maximum Gasteiger partial charge on any atom is 0.165 e. The quantitative estimate of drug-likeness (QED) is 0.861. The Hall–Kier alpha value is -1.86. The standard InChI is InChI=1S/C15H18FN5O/c16-12-3-1-11(2-4-12)14-9-20(7-8-22-14)10-15-17-18-19-21(15)13-5-6-13/h1-4,13-14H,5-10H2/t14-/m0/s1. The molecule has 4 rings (SSSR count). The summed E-state index contributed by atoms with van der Waals surface area (Å²) in [7, 11) is 0. The lowest BCUT2D eigenvalue weighted by atomic mass is 10.1. The molecule has 1 saturated carbocycles. The number of rotatable bonds is 4. The molecular weight excluding hydrogens is 285 g/mol. The van der Waals surface area contributed by atoms with Crippen molar-refractivity contribution in [3.8, 4) is 0 Å². The Kier molecular flexibility index (Phi) is 3.59. The van der Waals surface area contributed by atoms with Crippen LogP contribution in [-0.2, 0) is 11.3 Å². The fourth-order valence-corrected chi connectivity index (χ4v) is 2.84. The molecule has 2 aliphatic rings. The van der Waals surface area contributed by atoms with Crippen LogP contribution in [0.15, 0.2) is 24.3 Å². The zero-order chi connectivity index (χ0) is 14.9. The normalized spacial score (nSPS) is 22.9. The van der Waals surface area contributed by atoms with E-state index in [-0.39, 0.29) is 11.9 Å². The molecule has 1 atom stereocenters. The molecule has 2 aromatic rings. The molecule has 0 bridgehead atoms. The maximum absolute atomic E-state index is 13.0. The van der Waals surface area contributed by atoms with Gasteiger partial charge in [0.05, 0.1) is 25.3 Å². The smallest absolute Gasteiger partial charge is 0.165 e. The van der Waals surface area contributed by atoms with Crippen molar-refractivity contribution in [2.75, 3.05) is 19.7 Å². The van der Waals surface area contributed by atoms with E-state index in [1.807, 2.05) is 4.68 Å². The van der Waals surface area contributed by atoms with Crippen LogP contribution in [0.2, 0.25) is 0 Å². The minimum atomic E-state index is -0.222. The molecule has 2 heterocycles. The molecule has 0 amide bonds. The van der Waals surface area contributed by atoms with E-state index in [2.05, 4.69) is 20.4 Å². The van der Waals surface area contributed by atoms with E-state index in [1.165, 1.54) is 25.0 Å². The molecule has 0 unspecified atom stereocenters. The molecule has 22 heavy (non-hydrogen) atoms. The van der Waals surface area contributed by atoms with Crippen LogP contribution in [-0.4, -0.2) is 44.8 Å². The first-order valence-corrected chi connectivity index (χ1v) is 7.66. The van der Waals surface area contributed by atoms with Gasteiger partial charge in [-0.05, 0) is 41.0 Å². The van der Waals surface area contributed by atoms with Crippen molar-refractivity contribution >= 4 is 0 Å². The first-order valence-electron chi connectivity index (χ1n) is 7.66. The van der Waals surface area contributed by atoms with E-state index in [1.54, 1.807) is 12.1 Å². The van der Waals surface area contributed by atoms with Crippen molar-refractivity contribution in [3.05, 3.63) is 41.5 Å². The van der Waals surface area contributed by atoms with Crippen molar-refractivity contribution in [2.45, 2.75) is 31.5 Å². The van der Waals surface area contributed by atoms with Crippen LogP contribution in [0.5, 0.6) is 0 Å². The van der Waals surface area contributed by atoms with Crippen molar-refractivity contribution < 1.29 is 9.13 Å². The minimum absolute atomic E-state index is 0.0281. The topological polar surface area (TPSA) is 56.1 Å². The Bertz CT molecular complexity index is 640. The van der Waals surface area contributed by atoms with E-state index in [0.29, 0.717) is 12.6 Å². The molecule has 0 radical (unpaired) electrons. The van der Waals surface area contributed by atoms with Gasteiger partial charge in [0.1, 0.15) is 5.82 Å². The highest BCUT2D eigenvalue weighted by atomic mass is 19.1. The average Bonchev–Trinajstić information content (AvgIpc) is 3.28. The summed E-state index contributed by atoms with van der Waals surface area (Å²) < 4.78 is 20.8. The number of hydrogen-bond acceptors (Lipinski definition) is 5. The summed E-state index contributed by atoms with van der Waals surface area (Å²) in [4.78, 5) is 2.29. The van der Waals surface area contributed by atoms with Gasteiger partial charge in [-0.15, -0.1) is 5.10 Å². The monoisotopic (exact) mass is 303 g/mol. The second-order valence-electron chi connectivity index (χ2n) is 5.92. The van der Waals surface area contributed by atoms with Crippen molar-refractivity contribution in [3.63, 3.8) is 0 Å². The summed E-state index contributed by atoms with van der Waals surface area (Å²) in [6, 6.07) is 7.02. The molecule has 2 fully saturated rings. The summed E-state index contributed by atoms with van der Waals surface area (Å²) in [5.41, 5.74) is 1.01. The minimum Gasteiger partial charge on any atom is -0.371 e. The second kappa shape index (κ2) is 5.73. The maximum atomic E-state index is 13.0. The van der Waals surface area contributed by atoms with Gasteiger partial charge in [0.15, 0.2) is 5.82 Å². The molecule has 6 nitrogen and oxygen atoms in total. The van der Waals surface area contributed by atoms with Crippen LogP contribution < -0.4 is 0 Å². The van der Waals surface area contributed by atoms with Gasteiger partial charge in [0.2, 0.25) is 0 Å². The molecule has 7 heteroatoms.